The minimum absolute atomic E-state index is 0.167. The molecule has 0 amide bonds. The van der Waals surface area contributed by atoms with Crippen LogP contribution in [0, 0.1) is 6.92 Å². The second-order valence-electron chi connectivity index (χ2n) is 7.66. The molecule has 3 heterocycles. The molecule has 0 spiro atoms. The molecule has 2 atom stereocenters. The van der Waals surface area contributed by atoms with E-state index >= 15 is 0 Å². The molecular weight excluding hydrogens is 506 g/mol. The van der Waals surface area contributed by atoms with Crippen molar-refractivity contribution >= 4 is 50.5 Å². The summed E-state index contributed by atoms with van der Waals surface area (Å²) in [5, 5.41) is 4.73. The van der Waals surface area contributed by atoms with Gasteiger partial charge >= 0.3 is 0 Å². The highest BCUT2D eigenvalue weighted by Gasteiger charge is 2.42. The Morgan fingerprint density at radius 1 is 1.06 bits per heavy atom. The Morgan fingerprint density at radius 3 is 2.59 bits per heavy atom. The molecule has 2 aromatic heterocycles. The molecule has 1 saturated heterocycles. The number of hydrogen-bond donors (Lipinski definition) is 1. The number of nitrogens with zero attached hydrogens (tertiary/aromatic N) is 2. The van der Waals surface area contributed by atoms with Crippen LogP contribution in [0.3, 0.4) is 0 Å². The number of nitrogens with one attached hydrogen (secondary N) is 1. The van der Waals surface area contributed by atoms with Crippen LogP contribution >= 0.6 is 39.7 Å². The first kappa shape index (κ1) is 21.2. The minimum Gasteiger partial charge on any atom is -0.459 e. The molecule has 0 aliphatic carbocycles. The number of benzene rings is 2. The average molecular weight is 525 g/mol. The van der Waals surface area contributed by atoms with Crippen LogP contribution in [0.15, 0.2) is 87.9 Å². The van der Waals surface area contributed by atoms with Crippen molar-refractivity contribution in [1.29, 1.82) is 0 Å². The zero-order chi connectivity index (χ0) is 22.2. The van der Waals surface area contributed by atoms with E-state index in [1.54, 1.807) is 6.20 Å². The molecule has 2 aromatic carbocycles. The zero-order valence-corrected chi connectivity index (χ0v) is 20.3. The predicted molar refractivity (Wildman–Crippen MR) is 136 cm³/mol. The van der Waals surface area contributed by atoms with Gasteiger partial charge in [-0.05, 0) is 85.4 Å². The predicted octanol–water partition coefficient (Wildman–Crippen LogP) is 7.24. The zero-order valence-electron chi connectivity index (χ0n) is 17.1. The third kappa shape index (κ3) is 3.94. The SMILES string of the molecule is Cc1ccc(-c2ccc([C@@H]3[C@H](c4ccccn4)NC(=S)N3c3ccc(Cl)cc3)o2)c(Br)c1. The van der Waals surface area contributed by atoms with E-state index in [1.165, 1.54) is 5.56 Å². The summed E-state index contributed by atoms with van der Waals surface area (Å²) in [5.74, 6) is 1.59. The Balaban J connectivity index is 1.60. The van der Waals surface area contributed by atoms with Crippen LogP contribution in [-0.2, 0) is 0 Å². The van der Waals surface area contributed by atoms with Gasteiger partial charge in [-0.2, -0.15) is 0 Å². The monoisotopic (exact) mass is 523 g/mol. The highest BCUT2D eigenvalue weighted by Crippen LogP contribution is 2.43. The fourth-order valence-electron chi connectivity index (χ4n) is 4.00. The van der Waals surface area contributed by atoms with Gasteiger partial charge in [0.1, 0.15) is 17.6 Å². The third-order valence-electron chi connectivity index (χ3n) is 5.51. The Morgan fingerprint density at radius 2 is 1.88 bits per heavy atom. The van der Waals surface area contributed by atoms with E-state index in [2.05, 4.69) is 56.3 Å². The summed E-state index contributed by atoms with van der Waals surface area (Å²) in [5.41, 5.74) is 4.01. The van der Waals surface area contributed by atoms with E-state index < -0.39 is 0 Å². The van der Waals surface area contributed by atoms with Crippen molar-refractivity contribution in [3.8, 4) is 11.3 Å². The molecule has 0 saturated carbocycles. The van der Waals surface area contributed by atoms with E-state index in [4.69, 9.17) is 28.2 Å². The van der Waals surface area contributed by atoms with Gasteiger partial charge in [0.15, 0.2) is 5.11 Å². The quantitative estimate of drug-likeness (QED) is 0.285. The van der Waals surface area contributed by atoms with Gasteiger partial charge in [-0.25, -0.2) is 0 Å². The number of aryl methyl sites for hydroxylation is 1. The van der Waals surface area contributed by atoms with Gasteiger partial charge < -0.3 is 14.6 Å². The largest absolute Gasteiger partial charge is 0.459 e. The lowest BCUT2D eigenvalue weighted by Crippen LogP contribution is -2.29. The number of hydrogen-bond acceptors (Lipinski definition) is 3. The Kier molecular flexibility index (Phi) is 5.76. The van der Waals surface area contributed by atoms with Crippen molar-refractivity contribution in [2.24, 2.45) is 0 Å². The fourth-order valence-corrected chi connectivity index (χ4v) is 5.16. The maximum atomic E-state index is 6.42. The van der Waals surface area contributed by atoms with Gasteiger partial charge in [-0.15, -0.1) is 0 Å². The van der Waals surface area contributed by atoms with Crippen molar-refractivity contribution in [3.63, 3.8) is 0 Å². The molecule has 32 heavy (non-hydrogen) atoms. The molecule has 1 aliphatic rings. The first-order chi connectivity index (χ1) is 15.5. The van der Waals surface area contributed by atoms with Crippen LogP contribution in [0.4, 0.5) is 5.69 Å². The van der Waals surface area contributed by atoms with E-state index in [0.29, 0.717) is 10.1 Å². The minimum atomic E-state index is -0.212. The average Bonchev–Trinajstić information content (AvgIpc) is 3.39. The Labute approximate surface area is 205 Å². The molecule has 1 aliphatic heterocycles. The molecule has 160 valence electrons. The van der Waals surface area contributed by atoms with E-state index in [0.717, 1.165) is 32.9 Å². The molecular formula is C25H19BrClN3OS. The van der Waals surface area contributed by atoms with Gasteiger partial charge in [-0.3, -0.25) is 4.98 Å². The normalized spacial score (nSPS) is 18.1. The first-order valence-corrected chi connectivity index (χ1v) is 11.7. The summed E-state index contributed by atoms with van der Waals surface area (Å²) in [7, 11) is 0. The van der Waals surface area contributed by atoms with Gasteiger partial charge in [0, 0.05) is 26.9 Å². The maximum absolute atomic E-state index is 6.42. The standard InChI is InChI=1S/C25H19BrClN3OS/c1-15-5-10-18(19(26)14-15)21-11-12-22(31-21)24-23(20-4-2-3-13-28-20)29-25(32)30(24)17-8-6-16(27)7-9-17/h2-14,23-24H,1H3,(H,29,32)/t23-,24+/m0/s1. The van der Waals surface area contributed by atoms with Crippen LogP contribution in [-0.4, -0.2) is 10.1 Å². The Bertz CT molecular complexity index is 1280. The van der Waals surface area contributed by atoms with Crippen molar-refractivity contribution in [1.82, 2.24) is 10.3 Å². The smallest absolute Gasteiger partial charge is 0.174 e. The van der Waals surface area contributed by atoms with E-state index in [9.17, 15) is 0 Å². The number of thiocarbonyl (C=S) groups is 1. The van der Waals surface area contributed by atoms with Crippen molar-refractivity contribution in [3.05, 3.63) is 106 Å². The van der Waals surface area contributed by atoms with Crippen LogP contribution < -0.4 is 10.2 Å². The fraction of sp³-hybridized carbons (Fsp3) is 0.120. The van der Waals surface area contributed by atoms with E-state index in [-0.39, 0.29) is 12.1 Å². The molecule has 0 bridgehead atoms. The molecule has 0 unspecified atom stereocenters. The maximum Gasteiger partial charge on any atom is 0.174 e. The highest BCUT2D eigenvalue weighted by molar-refractivity contribution is 9.10. The number of rotatable bonds is 4. The van der Waals surface area contributed by atoms with Crippen molar-refractivity contribution in [2.75, 3.05) is 4.90 Å². The van der Waals surface area contributed by atoms with Crippen LogP contribution in [0.1, 0.15) is 29.1 Å². The second kappa shape index (κ2) is 8.70. The van der Waals surface area contributed by atoms with Crippen LogP contribution in [0.25, 0.3) is 11.3 Å². The van der Waals surface area contributed by atoms with Gasteiger partial charge in [0.25, 0.3) is 0 Å². The second-order valence-corrected chi connectivity index (χ2v) is 9.34. The van der Waals surface area contributed by atoms with Gasteiger partial charge in [-0.1, -0.05) is 39.7 Å². The summed E-state index contributed by atoms with van der Waals surface area (Å²) in [6.45, 7) is 2.06. The molecule has 1 N–H and O–H groups in total. The molecule has 5 rings (SSSR count). The number of pyridine rings is 1. The first-order valence-electron chi connectivity index (χ1n) is 10.1. The summed E-state index contributed by atoms with van der Waals surface area (Å²) < 4.78 is 7.42. The highest BCUT2D eigenvalue weighted by atomic mass is 79.9. The molecule has 7 heteroatoms. The number of furan rings is 1. The molecule has 1 fully saturated rings. The Hall–Kier alpha value is -2.67. The lowest BCUT2D eigenvalue weighted by Gasteiger charge is -2.26. The number of anilines is 1. The lowest BCUT2D eigenvalue weighted by atomic mass is 10.0. The molecule has 4 aromatic rings. The summed E-state index contributed by atoms with van der Waals surface area (Å²) in [6, 6.07) is 23.4. The number of halogens is 2. The van der Waals surface area contributed by atoms with Gasteiger partial charge in [0.2, 0.25) is 0 Å². The van der Waals surface area contributed by atoms with Gasteiger partial charge in [0.05, 0.1) is 11.7 Å². The summed E-state index contributed by atoms with van der Waals surface area (Å²) in [6.07, 6.45) is 1.79. The summed E-state index contributed by atoms with van der Waals surface area (Å²) >= 11 is 15.5. The van der Waals surface area contributed by atoms with Crippen LogP contribution in [0.2, 0.25) is 5.02 Å². The van der Waals surface area contributed by atoms with Crippen molar-refractivity contribution in [2.45, 2.75) is 19.0 Å². The molecule has 4 nitrogen and oxygen atoms in total. The topological polar surface area (TPSA) is 41.3 Å². The summed E-state index contributed by atoms with van der Waals surface area (Å²) in [4.78, 5) is 6.65. The van der Waals surface area contributed by atoms with Crippen molar-refractivity contribution < 1.29 is 4.42 Å². The van der Waals surface area contributed by atoms with E-state index in [1.807, 2.05) is 54.6 Å². The third-order valence-corrected chi connectivity index (χ3v) is 6.73. The lowest BCUT2D eigenvalue weighted by molar-refractivity contribution is 0.439. The molecule has 0 radical (unpaired) electrons. The van der Waals surface area contributed by atoms with Crippen LogP contribution in [0.5, 0.6) is 0 Å². The number of aromatic nitrogens is 1.